The van der Waals surface area contributed by atoms with Crippen LogP contribution in [0.15, 0.2) is 18.5 Å². The van der Waals surface area contributed by atoms with Crippen molar-refractivity contribution in [1.29, 1.82) is 0 Å². The second-order valence-electron chi connectivity index (χ2n) is 4.81. The summed E-state index contributed by atoms with van der Waals surface area (Å²) in [7, 11) is 0. The SMILES string of the molecule is CCn1cc(C=CC(=O)NC2CCCCC2)cn1. The first-order valence-corrected chi connectivity index (χ1v) is 6.79. The molecule has 1 aromatic heterocycles. The molecule has 1 amide bonds. The molecule has 4 heteroatoms. The number of carbonyl (C=O) groups is 1. The second kappa shape index (κ2) is 6.38. The Labute approximate surface area is 108 Å². The maximum Gasteiger partial charge on any atom is 0.244 e. The summed E-state index contributed by atoms with van der Waals surface area (Å²) in [6, 6.07) is 0.370. The Balaban J connectivity index is 1.82. The monoisotopic (exact) mass is 247 g/mol. The van der Waals surface area contributed by atoms with Crippen LogP contribution in [0.1, 0.15) is 44.6 Å². The molecule has 0 spiro atoms. The molecular weight excluding hydrogens is 226 g/mol. The van der Waals surface area contributed by atoms with Crippen LogP contribution in [-0.4, -0.2) is 21.7 Å². The number of aromatic nitrogens is 2. The van der Waals surface area contributed by atoms with E-state index in [0.717, 1.165) is 24.9 Å². The fraction of sp³-hybridized carbons (Fsp3) is 0.571. The summed E-state index contributed by atoms with van der Waals surface area (Å²) < 4.78 is 1.85. The normalized spacial score (nSPS) is 17.2. The zero-order chi connectivity index (χ0) is 12.8. The third-order valence-corrected chi connectivity index (χ3v) is 3.36. The number of hydrogen-bond acceptors (Lipinski definition) is 2. The molecular formula is C14H21N3O. The van der Waals surface area contributed by atoms with Gasteiger partial charge in [-0.1, -0.05) is 19.3 Å². The minimum Gasteiger partial charge on any atom is -0.350 e. The predicted molar refractivity (Wildman–Crippen MR) is 72.0 cm³/mol. The molecule has 0 bridgehead atoms. The van der Waals surface area contributed by atoms with E-state index >= 15 is 0 Å². The van der Waals surface area contributed by atoms with Crippen LogP contribution in [0.5, 0.6) is 0 Å². The molecule has 1 saturated carbocycles. The molecule has 0 radical (unpaired) electrons. The largest absolute Gasteiger partial charge is 0.350 e. The lowest BCUT2D eigenvalue weighted by Crippen LogP contribution is -2.34. The molecule has 1 heterocycles. The summed E-state index contributed by atoms with van der Waals surface area (Å²) in [6.45, 7) is 2.89. The minimum absolute atomic E-state index is 0.00569. The van der Waals surface area contributed by atoms with Crippen molar-refractivity contribution in [2.75, 3.05) is 0 Å². The molecule has 98 valence electrons. The lowest BCUT2D eigenvalue weighted by molar-refractivity contribution is -0.117. The van der Waals surface area contributed by atoms with E-state index in [1.165, 1.54) is 19.3 Å². The first-order valence-electron chi connectivity index (χ1n) is 6.79. The number of aryl methyl sites for hydroxylation is 1. The van der Waals surface area contributed by atoms with Gasteiger partial charge in [0, 0.05) is 30.4 Å². The van der Waals surface area contributed by atoms with Gasteiger partial charge >= 0.3 is 0 Å². The van der Waals surface area contributed by atoms with Crippen molar-refractivity contribution in [3.8, 4) is 0 Å². The average Bonchev–Trinajstić information content (AvgIpc) is 2.85. The molecule has 1 aromatic rings. The van der Waals surface area contributed by atoms with E-state index in [4.69, 9.17) is 0 Å². The van der Waals surface area contributed by atoms with Gasteiger partial charge in [0.1, 0.15) is 0 Å². The van der Waals surface area contributed by atoms with E-state index in [9.17, 15) is 4.79 Å². The van der Waals surface area contributed by atoms with Gasteiger partial charge in [0.25, 0.3) is 0 Å². The Morgan fingerprint density at radius 1 is 1.50 bits per heavy atom. The second-order valence-corrected chi connectivity index (χ2v) is 4.81. The Kier molecular flexibility index (Phi) is 4.56. The molecule has 0 aliphatic heterocycles. The number of amides is 1. The van der Waals surface area contributed by atoms with Gasteiger partial charge < -0.3 is 5.32 Å². The molecule has 0 aromatic carbocycles. The molecule has 4 nitrogen and oxygen atoms in total. The Hall–Kier alpha value is -1.58. The van der Waals surface area contributed by atoms with Crippen molar-refractivity contribution in [2.45, 2.75) is 51.6 Å². The van der Waals surface area contributed by atoms with Crippen molar-refractivity contribution >= 4 is 12.0 Å². The number of carbonyl (C=O) groups excluding carboxylic acids is 1. The molecule has 0 atom stereocenters. The van der Waals surface area contributed by atoms with E-state index in [2.05, 4.69) is 10.4 Å². The Morgan fingerprint density at radius 3 is 2.94 bits per heavy atom. The van der Waals surface area contributed by atoms with Gasteiger partial charge in [-0.15, -0.1) is 0 Å². The lowest BCUT2D eigenvalue weighted by Gasteiger charge is -2.21. The smallest absolute Gasteiger partial charge is 0.244 e. The number of nitrogens with one attached hydrogen (secondary N) is 1. The van der Waals surface area contributed by atoms with E-state index < -0.39 is 0 Å². The average molecular weight is 247 g/mol. The maximum absolute atomic E-state index is 11.7. The summed E-state index contributed by atoms with van der Waals surface area (Å²) in [5.41, 5.74) is 0.968. The molecule has 18 heavy (non-hydrogen) atoms. The first kappa shape index (κ1) is 12.9. The van der Waals surface area contributed by atoms with Gasteiger partial charge in [0.05, 0.1) is 6.20 Å². The van der Waals surface area contributed by atoms with E-state index in [0.29, 0.717) is 6.04 Å². The fourth-order valence-corrected chi connectivity index (χ4v) is 2.31. The van der Waals surface area contributed by atoms with Crippen LogP contribution in [0.25, 0.3) is 6.08 Å². The van der Waals surface area contributed by atoms with Gasteiger partial charge in [-0.05, 0) is 25.8 Å². The van der Waals surface area contributed by atoms with Gasteiger partial charge in [0.2, 0.25) is 5.91 Å². The Morgan fingerprint density at radius 2 is 2.28 bits per heavy atom. The van der Waals surface area contributed by atoms with Crippen LogP contribution in [0.3, 0.4) is 0 Å². The first-order chi connectivity index (χ1) is 8.78. The van der Waals surface area contributed by atoms with Crippen molar-refractivity contribution in [1.82, 2.24) is 15.1 Å². The molecule has 2 rings (SSSR count). The lowest BCUT2D eigenvalue weighted by atomic mass is 9.95. The van der Waals surface area contributed by atoms with Gasteiger partial charge in [-0.25, -0.2) is 0 Å². The van der Waals surface area contributed by atoms with Crippen molar-refractivity contribution in [3.63, 3.8) is 0 Å². The van der Waals surface area contributed by atoms with Gasteiger partial charge in [-0.2, -0.15) is 5.10 Å². The minimum atomic E-state index is 0.00569. The standard InChI is InChI=1S/C14H21N3O/c1-2-17-11-12(10-15-17)8-9-14(18)16-13-6-4-3-5-7-13/h8-11,13H,2-7H2,1H3,(H,16,18). The van der Waals surface area contributed by atoms with Gasteiger partial charge in [0.15, 0.2) is 0 Å². The van der Waals surface area contributed by atoms with Crippen LogP contribution in [0.4, 0.5) is 0 Å². The van der Waals surface area contributed by atoms with Crippen LogP contribution >= 0.6 is 0 Å². The third-order valence-electron chi connectivity index (χ3n) is 3.36. The van der Waals surface area contributed by atoms with Crippen molar-refractivity contribution < 1.29 is 4.79 Å². The molecule has 0 saturated heterocycles. The molecule has 1 N–H and O–H groups in total. The molecule has 0 unspecified atom stereocenters. The van der Waals surface area contributed by atoms with Crippen LogP contribution in [0, 0.1) is 0 Å². The number of nitrogens with zero attached hydrogens (tertiary/aromatic N) is 2. The summed E-state index contributed by atoms with van der Waals surface area (Å²) >= 11 is 0. The number of hydrogen-bond donors (Lipinski definition) is 1. The van der Waals surface area contributed by atoms with Crippen LogP contribution in [-0.2, 0) is 11.3 Å². The molecule has 1 aliphatic carbocycles. The van der Waals surface area contributed by atoms with E-state index in [-0.39, 0.29) is 5.91 Å². The van der Waals surface area contributed by atoms with Crippen LogP contribution in [0.2, 0.25) is 0 Å². The highest BCUT2D eigenvalue weighted by atomic mass is 16.1. The quantitative estimate of drug-likeness (QED) is 0.830. The summed E-state index contributed by atoms with van der Waals surface area (Å²) in [5, 5.41) is 7.22. The highest BCUT2D eigenvalue weighted by Gasteiger charge is 2.13. The highest BCUT2D eigenvalue weighted by molar-refractivity contribution is 5.91. The molecule has 1 fully saturated rings. The number of rotatable bonds is 4. The fourth-order valence-electron chi connectivity index (χ4n) is 2.31. The van der Waals surface area contributed by atoms with Crippen molar-refractivity contribution in [3.05, 3.63) is 24.0 Å². The maximum atomic E-state index is 11.7. The van der Waals surface area contributed by atoms with E-state index in [1.54, 1.807) is 12.3 Å². The van der Waals surface area contributed by atoms with Crippen molar-refractivity contribution in [2.24, 2.45) is 0 Å². The Bertz CT molecular complexity index is 416. The third kappa shape index (κ3) is 3.72. The zero-order valence-corrected chi connectivity index (χ0v) is 10.9. The summed E-state index contributed by atoms with van der Waals surface area (Å²) in [5.74, 6) is 0.00569. The predicted octanol–water partition coefficient (Wildman–Crippen LogP) is 2.37. The summed E-state index contributed by atoms with van der Waals surface area (Å²) in [6.07, 6.45) is 13.1. The zero-order valence-electron chi connectivity index (χ0n) is 10.9. The molecule has 1 aliphatic rings. The summed E-state index contributed by atoms with van der Waals surface area (Å²) in [4.78, 5) is 11.7. The topological polar surface area (TPSA) is 46.9 Å². The van der Waals surface area contributed by atoms with Crippen LogP contribution < -0.4 is 5.32 Å². The highest BCUT2D eigenvalue weighted by Crippen LogP contribution is 2.17. The van der Waals surface area contributed by atoms with Gasteiger partial charge in [-0.3, -0.25) is 9.48 Å². The van der Waals surface area contributed by atoms with E-state index in [1.807, 2.05) is 23.9 Å².